The van der Waals surface area contributed by atoms with Crippen molar-refractivity contribution in [2.24, 2.45) is 5.41 Å². The van der Waals surface area contributed by atoms with Crippen molar-refractivity contribution in [2.75, 3.05) is 43.6 Å². The first-order valence-corrected chi connectivity index (χ1v) is 7.65. The smallest absolute Gasteiger partial charge is 0.311 e. The van der Waals surface area contributed by atoms with Crippen LogP contribution >= 0.6 is 0 Å². The van der Waals surface area contributed by atoms with Gasteiger partial charge in [0.1, 0.15) is 5.82 Å². The van der Waals surface area contributed by atoms with Crippen molar-refractivity contribution in [3.63, 3.8) is 0 Å². The molecule has 7 heteroatoms. The Balaban J connectivity index is 2.18. The largest absolute Gasteiger partial charge is 0.481 e. The molecule has 0 bridgehead atoms. The molecule has 1 atom stereocenters. The fourth-order valence-corrected chi connectivity index (χ4v) is 2.87. The molecule has 2 N–H and O–H groups in total. The summed E-state index contributed by atoms with van der Waals surface area (Å²) in [5, 5.41) is 12.8. The number of carbonyl (C=O) groups is 1. The predicted octanol–water partition coefficient (Wildman–Crippen LogP) is 1.62. The highest BCUT2D eigenvalue weighted by Crippen LogP contribution is 2.35. The van der Waals surface area contributed by atoms with E-state index in [1.165, 1.54) is 0 Å². The molecule has 0 unspecified atom stereocenters. The Kier molecular flexibility index (Phi) is 5.54. The molecule has 1 aromatic rings. The normalized spacial score (nSPS) is 21.6. The van der Waals surface area contributed by atoms with Gasteiger partial charge in [0.05, 0.1) is 5.41 Å². The van der Waals surface area contributed by atoms with Crippen LogP contribution in [0.5, 0.6) is 0 Å². The van der Waals surface area contributed by atoms with E-state index in [2.05, 4.69) is 15.3 Å². The van der Waals surface area contributed by atoms with Crippen molar-refractivity contribution >= 4 is 17.7 Å². The van der Waals surface area contributed by atoms with E-state index in [0.29, 0.717) is 31.9 Å². The van der Waals surface area contributed by atoms with E-state index in [4.69, 9.17) is 4.74 Å². The van der Waals surface area contributed by atoms with E-state index in [0.717, 1.165) is 25.3 Å². The van der Waals surface area contributed by atoms with Gasteiger partial charge in [0.25, 0.3) is 0 Å². The summed E-state index contributed by atoms with van der Waals surface area (Å²) in [5.41, 5.74) is -0.786. The zero-order valence-corrected chi connectivity index (χ0v) is 13.2. The van der Waals surface area contributed by atoms with Gasteiger partial charge in [-0.3, -0.25) is 4.79 Å². The second-order valence-corrected chi connectivity index (χ2v) is 5.63. The van der Waals surface area contributed by atoms with Crippen molar-refractivity contribution in [1.82, 2.24) is 9.97 Å². The summed E-state index contributed by atoms with van der Waals surface area (Å²) in [4.78, 5) is 22.5. The molecule has 1 aliphatic heterocycles. The Morgan fingerprint density at radius 1 is 1.59 bits per heavy atom. The number of anilines is 2. The summed E-state index contributed by atoms with van der Waals surface area (Å²) in [7, 11) is 1.60. The number of hydrogen-bond donors (Lipinski definition) is 2. The number of carboxylic acid groups (broad SMARTS) is 1. The molecule has 0 radical (unpaired) electrons. The Hall–Kier alpha value is -1.89. The van der Waals surface area contributed by atoms with Gasteiger partial charge in [-0.05, 0) is 32.3 Å². The lowest BCUT2D eigenvalue weighted by atomic mass is 9.77. The van der Waals surface area contributed by atoms with Gasteiger partial charge in [-0.2, -0.15) is 4.98 Å². The maximum absolute atomic E-state index is 11.8. The molecule has 0 aliphatic carbocycles. The van der Waals surface area contributed by atoms with Gasteiger partial charge in [0, 0.05) is 39.5 Å². The molecule has 1 aromatic heterocycles. The average molecular weight is 308 g/mol. The fraction of sp³-hybridized carbons (Fsp3) is 0.667. The van der Waals surface area contributed by atoms with E-state index in [9.17, 15) is 9.90 Å². The van der Waals surface area contributed by atoms with Gasteiger partial charge >= 0.3 is 5.97 Å². The summed E-state index contributed by atoms with van der Waals surface area (Å²) in [6.07, 6.45) is 3.68. The van der Waals surface area contributed by atoms with Crippen LogP contribution in [0, 0.1) is 5.41 Å². The van der Waals surface area contributed by atoms with Crippen molar-refractivity contribution in [3.05, 3.63) is 12.3 Å². The minimum atomic E-state index is -0.786. The monoisotopic (exact) mass is 308 g/mol. The molecule has 1 aliphatic rings. The SMILES string of the molecule is CCNc1ccnc(N2CCC[C@](CCOC)(C(=O)O)C2)n1. The maximum atomic E-state index is 11.8. The lowest BCUT2D eigenvalue weighted by Gasteiger charge is -2.39. The van der Waals surface area contributed by atoms with Crippen LogP contribution in [0.2, 0.25) is 0 Å². The number of piperidine rings is 1. The van der Waals surface area contributed by atoms with Crippen LogP contribution < -0.4 is 10.2 Å². The molecule has 22 heavy (non-hydrogen) atoms. The molecule has 0 amide bonds. The molecule has 0 aromatic carbocycles. The molecule has 0 spiro atoms. The van der Waals surface area contributed by atoms with Crippen LogP contribution in [0.4, 0.5) is 11.8 Å². The van der Waals surface area contributed by atoms with Crippen LogP contribution in [-0.4, -0.2) is 54.4 Å². The molecular formula is C15H24N4O3. The summed E-state index contributed by atoms with van der Waals surface area (Å²) in [6.45, 7) is 4.42. The van der Waals surface area contributed by atoms with E-state index < -0.39 is 11.4 Å². The highest BCUT2D eigenvalue weighted by atomic mass is 16.5. The Morgan fingerprint density at radius 3 is 3.09 bits per heavy atom. The average Bonchev–Trinajstić information content (AvgIpc) is 2.53. The molecular weight excluding hydrogens is 284 g/mol. The van der Waals surface area contributed by atoms with Crippen LogP contribution in [-0.2, 0) is 9.53 Å². The van der Waals surface area contributed by atoms with Gasteiger partial charge < -0.3 is 20.1 Å². The van der Waals surface area contributed by atoms with Gasteiger partial charge in [-0.25, -0.2) is 4.98 Å². The number of aliphatic carboxylic acids is 1. The highest BCUT2D eigenvalue weighted by Gasteiger charge is 2.42. The molecule has 7 nitrogen and oxygen atoms in total. The Bertz CT molecular complexity index is 511. The fourth-order valence-electron chi connectivity index (χ4n) is 2.87. The number of carboxylic acids is 1. The minimum Gasteiger partial charge on any atom is -0.481 e. The molecule has 1 saturated heterocycles. The standard InChI is InChI=1S/C15H24N4O3/c1-3-16-12-5-8-17-14(18-12)19-9-4-6-15(11-19,13(20)21)7-10-22-2/h5,8H,3-4,6-7,9-11H2,1-2H3,(H,20,21)(H,16,17,18)/t15-/m1/s1. The van der Waals surface area contributed by atoms with E-state index in [1.54, 1.807) is 13.3 Å². The van der Waals surface area contributed by atoms with Gasteiger partial charge in [0.2, 0.25) is 5.95 Å². The predicted molar refractivity (Wildman–Crippen MR) is 84.2 cm³/mol. The lowest BCUT2D eigenvalue weighted by Crippen LogP contribution is -2.49. The third-order valence-corrected chi connectivity index (χ3v) is 4.10. The second-order valence-electron chi connectivity index (χ2n) is 5.63. The van der Waals surface area contributed by atoms with Gasteiger partial charge in [0.15, 0.2) is 0 Å². The number of hydrogen-bond acceptors (Lipinski definition) is 6. The zero-order chi connectivity index (χ0) is 16.0. The molecule has 2 rings (SSSR count). The number of aromatic nitrogens is 2. The Labute approximate surface area is 130 Å². The third-order valence-electron chi connectivity index (χ3n) is 4.10. The number of methoxy groups -OCH3 is 1. The number of ether oxygens (including phenoxy) is 1. The first kappa shape index (κ1) is 16.5. The topological polar surface area (TPSA) is 87.6 Å². The van der Waals surface area contributed by atoms with Gasteiger partial charge in [-0.15, -0.1) is 0 Å². The van der Waals surface area contributed by atoms with E-state index in [-0.39, 0.29) is 0 Å². The second kappa shape index (κ2) is 7.40. The number of nitrogens with zero attached hydrogens (tertiary/aromatic N) is 3. The van der Waals surface area contributed by atoms with E-state index >= 15 is 0 Å². The summed E-state index contributed by atoms with van der Waals surface area (Å²) < 4.78 is 5.09. The van der Waals surface area contributed by atoms with Crippen LogP contribution in [0.3, 0.4) is 0 Å². The summed E-state index contributed by atoms with van der Waals surface area (Å²) >= 11 is 0. The van der Waals surface area contributed by atoms with Crippen LogP contribution in [0.1, 0.15) is 26.2 Å². The quantitative estimate of drug-likeness (QED) is 0.791. The zero-order valence-electron chi connectivity index (χ0n) is 13.2. The van der Waals surface area contributed by atoms with Gasteiger partial charge in [-0.1, -0.05) is 0 Å². The molecule has 1 fully saturated rings. The highest BCUT2D eigenvalue weighted by molar-refractivity contribution is 5.76. The van der Waals surface area contributed by atoms with Crippen molar-refractivity contribution < 1.29 is 14.6 Å². The van der Waals surface area contributed by atoms with E-state index in [1.807, 2.05) is 17.9 Å². The summed E-state index contributed by atoms with van der Waals surface area (Å²) in [5.74, 6) is 0.578. The lowest BCUT2D eigenvalue weighted by molar-refractivity contribution is -0.150. The first-order chi connectivity index (χ1) is 10.6. The molecule has 122 valence electrons. The number of nitrogens with one attached hydrogen (secondary N) is 1. The summed E-state index contributed by atoms with van der Waals surface area (Å²) in [6, 6.07) is 1.81. The van der Waals surface area contributed by atoms with Crippen LogP contribution in [0.15, 0.2) is 12.3 Å². The molecule has 2 heterocycles. The maximum Gasteiger partial charge on any atom is 0.311 e. The Morgan fingerprint density at radius 2 is 2.41 bits per heavy atom. The third kappa shape index (κ3) is 3.65. The molecule has 0 saturated carbocycles. The van der Waals surface area contributed by atoms with Crippen molar-refractivity contribution in [3.8, 4) is 0 Å². The minimum absolute atomic E-state index is 0.418. The van der Waals surface area contributed by atoms with Crippen molar-refractivity contribution in [2.45, 2.75) is 26.2 Å². The van der Waals surface area contributed by atoms with Crippen LogP contribution in [0.25, 0.3) is 0 Å². The van der Waals surface area contributed by atoms with Crippen molar-refractivity contribution in [1.29, 1.82) is 0 Å². The number of rotatable bonds is 7. The first-order valence-electron chi connectivity index (χ1n) is 7.65.